The summed E-state index contributed by atoms with van der Waals surface area (Å²) in [5, 5.41) is 25.3. The molecule has 0 aliphatic heterocycles. The number of aromatic nitrogens is 3. The largest absolute Gasteiger partial charge is 0.396 e. The van der Waals surface area contributed by atoms with Crippen molar-refractivity contribution in [3.05, 3.63) is 83.9 Å². The van der Waals surface area contributed by atoms with Crippen molar-refractivity contribution in [2.45, 2.75) is 18.1 Å². The summed E-state index contributed by atoms with van der Waals surface area (Å²) >= 11 is 0. The third-order valence-corrected chi connectivity index (χ3v) is 4.23. The number of hydrogen-bond acceptors (Lipinski definition) is 4. The average Bonchev–Trinajstić information content (AvgIpc) is 3.09. The second-order valence-electron chi connectivity index (χ2n) is 5.79. The summed E-state index contributed by atoms with van der Waals surface area (Å²) in [6, 6.07) is 11.7. The number of aliphatic hydroxyl groups excluding tert-OH is 1. The lowest BCUT2D eigenvalue weighted by molar-refractivity contribution is -0.0322. The van der Waals surface area contributed by atoms with Crippen LogP contribution in [-0.4, -0.2) is 31.6 Å². The molecule has 0 aliphatic rings. The molecule has 2 aromatic carbocycles. The van der Waals surface area contributed by atoms with Crippen molar-refractivity contribution >= 4 is 0 Å². The Morgan fingerprint density at radius 2 is 1.88 bits per heavy atom. The SMILES string of the molecule is OCC(c1ccccc1)C(O)(Cn1cncn1)c1ccc(F)cc1F. The molecular formula is C18H17F2N3O2. The number of aliphatic hydroxyl groups is 2. The van der Waals surface area contributed by atoms with E-state index in [1.54, 1.807) is 30.3 Å². The van der Waals surface area contributed by atoms with E-state index in [1.165, 1.54) is 23.4 Å². The molecule has 3 rings (SSSR count). The Labute approximate surface area is 143 Å². The molecular weight excluding hydrogens is 328 g/mol. The summed E-state index contributed by atoms with van der Waals surface area (Å²) in [7, 11) is 0. The van der Waals surface area contributed by atoms with Crippen molar-refractivity contribution in [3.8, 4) is 0 Å². The number of hydrogen-bond donors (Lipinski definition) is 2. The molecule has 0 spiro atoms. The topological polar surface area (TPSA) is 71.2 Å². The van der Waals surface area contributed by atoms with E-state index in [2.05, 4.69) is 10.1 Å². The zero-order valence-electron chi connectivity index (χ0n) is 13.3. The van der Waals surface area contributed by atoms with Crippen LogP contribution in [0.2, 0.25) is 0 Å². The molecule has 0 fully saturated rings. The summed E-state index contributed by atoms with van der Waals surface area (Å²) < 4.78 is 29.1. The Bertz CT molecular complexity index is 828. The molecule has 2 N–H and O–H groups in total. The molecule has 0 amide bonds. The number of benzene rings is 2. The molecule has 0 aliphatic carbocycles. The van der Waals surface area contributed by atoms with Crippen LogP contribution in [0.5, 0.6) is 0 Å². The standard InChI is InChI=1S/C18H17F2N3O2/c19-14-6-7-15(17(20)8-14)18(25,10-23-12-21-11-22-23)16(9-24)13-4-2-1-3-5-13/h1-8,11-12,16,24-25H,9-10H2. The smallest absolute Gasteiger partial charge is 0.137 e. The molecule has 0 bridgehead atoms. The Hall–Kier alpha value is -2.64. The van der Waals surface area contributed by atoms with Gasteiger partial charge in [0.25, 0.3) is 0 Å². The van der Waals surface area contributed by atoms with Gasteiger partial charge in [0.2, 0.25) is 0 Å². The minimum Gasteiger partial charge on any atom is -0.396 e. The highest BCUT2D eigenvalue weighted by molar-refractivity contribution is 5.32. The van der Waals surface area contributed by atoms with E-state index in [0.29, 0.717) is 11.6 Å². The summed E-state index contributed by atoms with van der Waals surface area (Å²) in [5.74, 6) is -2.49. The van der Waals surface area contributed by atoms with E-state index < -0.39 is 29.8 Å². The first-order valence-corrected chi connectivity index (χ1v) is 7.70. The van der Waals surface area contributed by atoms with Gasteiger partial charge in [-0.15, -0.1) is 0 Å². The van der Waals surface area contributed by atoms with Crippen molar-refractivity contribution in [1.29, 1.82) is 0 Å². The van der Waals surface area contributed by atoms with Gasteiger partial charge in [0, 0.05) is 17.5 Å². The Morgan fingerprint density at radius 3 is 2.48 bits per heavy atom. The molecule has 3 aromatic rings. The predicted molar refractivity (Wildman–Crippen MR) is 86.5 cm³/mol. The lowest BCUT2D eigenvalue weighted by Gasteiger charge is -2.36. The van der Waals surface area contributed by atoms with Crippen molar-refractivity contribution < 1.29 is 19.0 Å². The molecule has 25 heavy (non-hydrogen) atoms. The van der Waals surface area contributed by atoms with Gasteiger partial charge in [-0.2, -0.15) is 5.10 Å². The van der Waals surface area contributed by atoms with Crippen LogP contribution in [0.25, 0.3) is 0 Å². The predicted octanol–water partition coefficient (Wildman–Crippen LogP) is 2.22. The average molecular weight is 345 g/mol. The third kappa shape index (κ3) is 3.42. The van der Waals surface area contributed by atoms with Crippen LogP contribution >= 0.6 is 0 Å². The van der Waals surface area contributed by atoms with Gasteiger partial charge < -0.3 is 10.2 Å². The molecule has 2 unspecified atom stereocenters. The molecule has 2 atom stereocenters. The zero-order valence-corrected chi connectivity index (χ0v) is 13.3. The Morgan fingerprint density at radius 1 is 1.12 bits per heavy atom. The van der Waals surface area contributed by atoms with Crippen LogP contribution in [0.3, 0.4) is 0 Å². The van der Waals surface area contributed by atoms with E-state index >= 15 is 0 Å². The van der Waals surface area contributed by atoms with Gasteiger partial charge in [0.15, 0.2) is 0 Å². The molecule has 0 saturated carbocycles. The van der Waals surface area contributed by atoms with Crippen LogP contribution in [0.4, 0.5) is 8.78 Å². The Kier molecular flexibility index (Phi) is 4.87. The van der Waals surface area contributed by atoms with Gasteiger partial charge in [-0.25, -0.2) is 18.4 Å². The molecule has 0 radical (unpaired) electrons. The molecule has 1 heterocycles. The maximum absolute atomic E-state index is 14.5. The summed E-state index contributed by atoms with van der Waals surface area (Å²) in [6.45, 7) is -0.596. The molecule has 0 saturated heterocycles. The molecule has 5 nitrogen and oxygen atoms in total. The van der Waals surface area contributed by atoms with E-state index in [-0.39, 0.29) is 12.1 Å². The second-order valence-corrected chi connectivity index (χ2v) is 5.79. The maximum atomic E-state index is 14.5. The van der Waals surface area contributed by atoms with Crippen molar-refractivity contribution in [2.24, 2.45) is 0 Å². The minimum absolute atomic E-state index is 0.118. The maximum Gasteiger partial charge on any atom is 0.137 e. The quantitative estimate of drug-likeness (QED) is 0.719. The lowest BCUT2D eigenvalue weighted by Crippen LogP contribution is -2.41. The van der Waals surface area contributed by atoms with Gasteiger partial charge in [0.05, 0.1) is 13.2 Å². The van der Waals surface area contributed by atoms with E-state index in [4.69, 9.17) is 0 Å². The highest BCUT2D eigenvalue weighted by atomic mass is 19.1. The summed E-state index contributed by atoms with van der Waals surface area (Å²) in [5.41, 5.74) is -1.36. The number of rotatable bonds is 6. The summed E-state index contributed by atoms with van der Waals surface area (Å²) in [6.07, 6.45) is 2.67. The van der Waals surface area contributed by atoms with Crippen molar-refractivity contribution in [2.75, 3.05) is 6.61 Å². The van der Waals surface area contributed by atoms with Crippen LogP contribution in [-0.2, 0) is 12.1 Å². The van der Waals surface area contributed by atoms with Crippen LogP contribution in [0, 0.1) is 11.6 Å². The highest BCUT2D eigenvalue weighted by Crippen LogP contribution is 2.39. The number of halogens is 2. The van der Waals surface area contributed by atoms with Crippen LogP contribution in [0.1, 0.15) is 17.0 Å². The fourth-order valence-electron chi connectivity index (χ4n) is 3.00. The molecule has 130 valence electrons. The van der Waals surface area contributed by atoms with Gasteiger partial charge in [0.1, 0.15) is 29.9 Å². The van der Waals surface area contributed by atoms with Crippen LogP contribution in [0.15, 0.2) is 61.2 Å². The Balaban J connectivity index is 2.13. The van der Waals surface area contributed by atoms with Gasteiger partial charge in [-0.3, -0.25) is 0 Å². The fraction of sp³-hybridized carbons (Fsp3) is 0.222. The first kappa shape index (κ1) is 17.2. The van der Waals surface area contributed by atoms with Crippen molar-refractivity contribution in [1.82, 2.24) is 14.8 Å². The van der Waals surface area contributed by atoms with Crippen LogP contribution < -0.4 is 0 Å². The molecule has 1 aromatic heterocycles. The molecule has 7 heteroatoms. The van der Waals surface area contributed by atoms with E-state index in [1.807, 2.05) is 0 Å². The fourth-order valence-corrected chi connectivity index (χ4v) is 3.00. The first-order valence-electron chi connectivity index (χ1n) is 7.70. The lowest BCUT2D eigenvalue weighted by atomic mass is 9.77. The van der Waals surface area contributed by atoms with E-state index in [0.717, 1.165) is 6.07 Å². The minimum atomic E-state index is -1.86. The first-order chi connectivity index (χ1) is 12.0. The normalized spacial score (nSPS) is 14.9. The summed E-state index contributed by atoms with van der Waals surface area (Å²) in [4.78, 5) is 3.82. The second kappa shape index (κ2) is 7.08. The zero-order chi connectivity index (χ0) is 17.9. The van der Waals surface area contributed by atoms with Gasteiger partial charge in [-0.05, 0) is 11.6 Å². The monoisotopic (exact) mass is 345 g/mol. The van der Waals surface area contributed by atoms with Gasteiger partial charge >= 0.3 is 0 Å². The highest BCUT2D eigenvalue weighted by Gasteiger charge is 2.42. The number of nitrogens with zero attached hydrogens (tertiary/aromatic N) is 3. The third-order valence-electron chi connectivity index (χ3n) is 4.23. The van der Waals surface area contributed by atoms with E-state index in [9.17, 15) is 19.0 Å². The van der Waals surface area contributed by atoms with Crippen molar-refractivity contribution in [3.63, 3.8) is 0 Å². The van der Waals surface area contributed by atoms with Gasteiger partial charge in [-0.1, -0.05) is 36.4 Å².